The Labute approximate surface area is 159 Å². The Hall–Kier alpha value is -0.940. The standard InChI is InChI=1S/C22H36N2O2/c1-3-26-21-13-19(14-21)16-23(2)15-18-9-11-24(12-10-18)17-22(25)20-7-5-4-6-8-20/h4-8,18-19,21-22,25H,3,9-17H2,1-2H3. The molecule has 4 heteroatoms. The molecule has 1 aromatic rings. The number of aliphatic hydroxyl groups is 1. The van der Waals surface area contributed by atoms with E-state index in [1.54, 1.807) is 0 Å². The molecule has 1 unspecified atom stereocenters. The number of hydrogen-bond acceptors (Lipinski definition) is 4. The van der Waals surface area contributed by atoms with Crippen LogP contribution in [0, 0.1) is 11.8 Å². The molecule has 2 fully saturated rings. The Morgan fingerprint density at radius 3 is 2.42 bits per heavy atom. The van der Waals surface area contributed by atoms with Gasteiger partial charge in [-0.2, -0.15) is 0 Å². The van der Waals surface area contributed by atoms with Crippen molar-refractivity contribution < 1.29 is 9.84 Å². The number of ether oxygens (including phenoxy) is 1. The fourth-order valence-corrected chi connectivity index (χ4v) is 4.53. The van der Waals surface area contributed by atoms with Crippen molar-refractivity contribution in [2.45, 2.75) is 44.8 Å². The van der Waals surface area contributed by atoms with Gasteiger partial charge in [0.2, 0.25) is 0 Å². The predicted octanol–water partition coefficient (Wildman–Crippen LogP) is 3.18. The van der Waals surface area contributed by atoms with Gasteiger partial charge in [-0.25, -0.2) is 0 Å². The number of rotatable bonds is 9. The van der Waals surface area contributed by atoms with Crippen LogP contribution in [-0.2, 0) is 4.74 Å². The zero-order valence-corrected chi connectivity index (χ0v) is 16.5. The molecule has 1 aromatic carbocycles. The van der Waals surface area contributed by atoms with Crippen LogP contribution < -0.4 is 0 Å². The lowest BCUT2D eigenvalue weighted by Crippen LogP contribution is -2.42. The van der Waals surface area contributed by atoms with E-state index < -0.39 is 0 Å². The molecule has 1 saturated carbocycles. The Morgan fingerprint density at radius 2 is 1.77 bits per heavy atom. The molecule has 146 valence electrons. The minimum atomic E-state index is -0.368. The van der Waals surface area contributed by atoms with Crippen molar-refractivity contribution in [1.82, 2.24) is 9.80 Å². The number of aliphatic hydroxyl groups excluding tert-OH is 1. The van der Waals surface area contributed by atoms with Gasteiger partial charge in [-0.1, -0.05) is 30.3 Å². The van der Waals surface area contributed by atoms with Crippen LogP contribution >= 0.6 is 0 Å². The highest BCUT2D eigenvalue weighted by molar-refractivity contribution is 5.17. The summed E-state index contributed by atoms with van der Waals surface area (Å²) in [5, 5.41) is 10.4. The third kappa shape index (κ3) is 5.78. The van der Waals surface area contributed by atoms with Crippen LogP contribution in [0.5, 0.6) is 0 Å². The lowest BCUT2D eigenvalue weighted by Gasteiger charge is -2.39. The smallest absolute Gasteiger partial charge is 0.0916 e. The molecule has 1 aliphatic carbocycles. The molecule has 4 nitrogen and oxygen atoms in total. The maximum absolute atomic E-state index is 10.4. The lowest BCUT2D eigenvalue weighted by molar-refractivity contribution is -0.0331. The van der Waals surface area contributed by atoms with Crippen molar-refractivity contribution >= 4 is 0 Å². The van der Waals surface area contributed by atoms with Gasteiger partial charge in [-0.15, -0.1) is 0 Å². The fraction of sp³-hybridized carbons (Fsp3) is 0.727. The normalized spacial score (nSPS) is 26.0. The van der Waals surface area contributed by atoms with Crippen molar-refractivity contribution in [3.05, 3.63) is 35.9 Å². The van der Waals surface area contributed by atoms with Crippen molar-refractivity contribution in [3.63, 3.8) is 0 Å². The van der Waals surface area contributed by atoms with Crippen LogP contribution in [0.25, 0.3) is 0 Å². The molecule has 1 N–H and O–H groups in total. The Balaban J connectivity index is 1.31. The highest BCUT2D eigenvalue weighted by atomic mass is 16.5. The Kier molecular flexibility index (Phi) is 7.50. The van der Waals surface area contributed by atoms with Gasteiger partial charge in [0.15, 0.2) is 0 Å². The fourth-order valence-electron chi connectivity index (χ4n) is 4.53. The van der Waals surface area contributed by atoms with E-state index in [-0.39, 0.29) is 6.10 Å². The summed E-state index contributed by atoms with van der Waals surface area (Å²) in [5.41, 5.74) is 1.03. The van der Waals surface area contributed by atoms with Gasteiger partial charge in [0.25, 0.3) is 0 Å². The largest absolute Gasteiger partial charge is 0.387 e. The number of nitrogens with zero attached hydrogens (tertiary/aromatic N) is 2. The van der Waals surface area contributed by atoms with Crippen LogP contribution in [-0.4, -0.2) is 67.4 Å². The topological polar surface area (TPSA) is 35.9 Å². The molecule has 1 heterocycles. The molecule has 0 spiro atoms. The SMILES string of the molecule is CCOC1CC(CN(C)CC2CCN(CC(O)c3ccccc3)CC2)C1. The van der Waals surface area contributed by atoms with Gasteiger partial charge in [-0.05, 0) is 70.1 Å². The lowest BCUT2D eigenvalue weighted by atomic mass is 9.81. The number of piperidine rings is 1. The average Bonchev–Trinajstić information content (AvgIpc) is 2.62. The molecule has 2 aliphatic rings. The first kappa shape index (κ1) is 19.8. The first-order chi connectivity index (χ1) is 12.6. The molecule has 0 amide bonds. The molecule has 26 heavy (non-hydrogen) atoms. The predicted molar refractivity (Wildman–Crippen MR) is 106 cm³/mol. The van der Waals surface area contributed by atoms with E-state index >= 15 is 0 Å². The number of benzene rings is 1. The summed E-state index contributed by atoms with van der Waals surface area (Å²) in [6, 6.07) is 10.0. The maximum atomic E-state index is 10.4. The molecule has 0 bridgehead atoms. The Bertz CT molecular complexity index is 510. The van der Waals surface area contributed by atoms with Gasteiger partial charge in [0, 0.05) is 26.2 Å². The van der Waals surface area contributed by atoms with Crippen molar-refractivity contribution in [3.8, 4) is 0 Å². The third-order valence-electron chi connectivity index (χ3n) is 6.06. The zero-order chi connectivity index (χ0) is 18.4. The second-order valence-electron chi connectivity index (χ2n) is 8.31. The van der Waals surface area contributed by atoms with Crippen molar-refractivity contribution in [1.29, 1.82) is 0 Å². The molecule has 1 aliphatic heterocycles. The quantitative estimate of drug-likeness (QED) is 0.734. The minimum Gasteiger partial charge on any atom is -0.387 e. The summed E-state index contributed by atoms with van der Waals surface area (Å²) in [5.74, 6) is 1.63. The van der Waals surface area contributed by atoms with E-state index in [0.717, 1.165) is 43.6 Å². The summed E-state index contributed by atoms with van der Waals surface area (Å²) in [6.07, 6.45) is 5.14. The van der Waals surface area contributed by atoms with Gasteiger partial charge in [-0.3, -0.25) is 0 Å². The molecule has 3 rings (SSSR count). The second kappa shape index (κ2) is 9.84. The monoisotopic (exact) mass is 360 g/mol. The summed E-state index contributed by atoms with van der Waals surface area (Å²) in [7, 11) is 2.28. The molecule has 0 radical (unpaired) electrons. The number of β-amino-alcohol motifs (C(OH)–C–C–N with tert-alkyl or cyclic N) is 1. The van der Waals surface area contributed by atoms with Crippen LogP contribution in [0.2, 0.25) is 0 Å². The first-order valence-corrected chi connectivity index (χ1v) is 10.4. The summed E-state index contributed by atoms with van der Waals surface area (Å²) < 4.78 is 5.67. The molecule has 1 saturated heterocycles. The van der Waals surface area contributed by atoms with E-state index in [1.165, 1.54) is 38.8 Å². The van der Waals surface area contributed by atoms with Crippen LogP contribution in [0.3, 0.4) is 0 Å². The van der Waals surface area contributed by atoms with Crippen molar-refractivity contribution in [2.75, 3.05) is 46.4 Å². The maximum Gasteiger partial charge on any atom is 0.0916 e. The molecule has 0 aromatic heterocycles. The van der Waals surface area contributed by atoms with Crippen LogP contribution in [0.1, 0.15) is 44.3 Å². The zero-order valence-electron chi connectivity index (χ0n) is 16.5. The second-order valence-corrected chi connectivity index (χ2v) is 8.31. The minimum absolute atomic E-state index is 0.368. The van der Waals surface area contributed by atoms with Crippen LogP contribution in [0.15, 0.2) is 30.3 Å². The molecular formula is C22H36N2O2. The number of likely N-dealkylation sites (tertiary alicyclic amines) is 1. The van der Waals surface area contributed by atoms with Gasteiger partial charge in [0.05, 0.1) is 12.2 Å². The first-order valence-electron chi connectivity index (χ1n) is 10.4. The van der Waals surface area contributed by atoms with Crippen molar-refractivity contribution in [2.24, 2.45) is 11.8 Å². The van der Waals surface area contributed by atoms with Gasteiger partial charge < -0.3 is 19.6 Å². The number of hydrogen-bond donors (Lipinski definition) is 1. The van der Waals surface area contributed by atoms with E-state index in [0.29, 0.717) is 6.10 Å². The van der Waals surface area contributed by atoms with E-state index in [9.17, 15) is 5.11 Å². The summed E-state index contributed by atoms with van der Waals surface area (Å²) >= 11 is 0. The van der Waals surface area contributed by atoms with E-state index in [1.807, 2.05) is 30.3 Å². The molecular weight excluding hydrogens is 324 g/mol. The molecule has 1 atom stereocenters. The van der Waals surface area contributed by atoms with Gasteiger partial charge >= 0.3 is 0 Å². The summed E-state index contributed by atoms with van der Waals surface area (Å²) in [4.78, 5) is 4.96. The van der Waals surface area contributed by atoms with E-state index in [4.69, 9.17) is 4.74 Å². The highest BCUT2D eigenvalue weighted by Gasteiger charge is 2.31. The Morgan fingerprint density at radius 1 is 1.12 bits per heavy atom. The van der Waals surface area contributed by atoms with Crippen LogP contribution in [0.4, 0.5) is 0 Å². The summed E-state index contributed by atoms with van der Waals surface area (Å²) in [6.45, 7) is 8.35. The van der Waals surface area contributed by atoms with E-state index in [2.05, 4.69) is 23.8 Å². The third-order valence-corrected chi connectivity index (χ3v) is 6.06. The average molecular weight is 361 g/mol. The van der Waals surface area contributed by atoms with Gasteiger partial charge in [0.1, 0.15) is 0 Å². The highest BCUT2D eigenvalue weighted by Crippen LogP contribution is 2.31.